The van der Waals surface area contributed by atoms with Crippen LogP contribution in [0.4, 0.5) is 4.79 Å². The van der Waals surface area contributed by atoms with Crippen LogP contribution in [0.3, 0.4) is 0 Å². The van der Waals surface area contributed by atoms with E-state index in [1.807, 2.05) is 48.5 Å². The quantitative estimate of drug-likeness (QED) is 0.276. The minimum absolute atomic E-state index is 0.0154. The predicted octanol–water partition coefficient (Wildman–Crippen LogP) is 2.75. The average molecular weight is 423 g/mol. The lowest BCUT2D eigenvalue weighted by molar-refractivity contribution is -0.138. The minimum Gasteiger partial charge on any atom is -0.480 e. The van der Waals surface area contributed by atoms with Crippen LogP contribution >= 0.6 is 0 Å². The van der Waals surface area contributed by atoms with E-state index in [2.05, 4.69) is 15.3 Å². The van der Waals surface area contributed by atoms with E-state index in [4.69, 9.17) is 15.4 Å². The highest BCUT2D eigenvalue weighted by molar-refractivity contribution is 5.85. The van der Waals surface area contributed by atoms with Gasteiger partial charge in [0.15, 0.2) is 0 Å². The summed E-state index contributed by atoms with van der Waals surface area (Å²) in [6.07, 6.45) is -0.894. The molecule has 0 fully saturated rings. The Morgan fingerprint density at radius 2 is 1.68 bits per heavy atom. The van der Waals surface area contributed by atoms with Gasteiger partial charge in [0.25, 0.3) is 0 Å². The number of aliphatic carboxylic acids is 1. The van der Waals surface area contributed by atoms with E-state index in [1.54, 1.807) is 0 Å². The number of hydrogen-bond acceptors (Lipinski definition) is 5. The molecule has 3 rings (SSSR count). The lowest BCUT2D eigenvalue weighted by atomic mass is 9.98. The van der Waals surface area contributed by atoms with Crippen LogP contribution in [0.15, 0.2) is 53.6 Å². The maximum absolute atomic E-state index is 12.6. The fourth-order valence-corrected chi connectivity index (χ4v) is 3.55. The molecule has 0 spiro atoms. The molecule has 0 heterocycles. The van der Waals surface area contributed by atoms with Crippen molar-refractivity contribution >= 4 is 18.0 Å². The lowest BCUT2D eigenvalue weighted by Crippen LogP contribution is -2.44. The van der Waals surface area contributed by atoms with Gasteiger partial charge in [-0.3, -0.25) is 14.5 Å². The molecule has 0 unspecified atom stereocenters. The Morgan fingerprint density at radius 1 is 1.06 bits per heavy atom. The van der Waals surface area contributed by atoms with Gasteiger partial charge in [0.05, 0.1) is 0 Å². The van der Waals surface area contributed by atoms with Crippen molar-refractivity contribution in [3.63, 3.8) is 0 Å². The van der Waals surface area contributed by atoms with Gasteiger partial charge in [-0.05, 0) is 27.8 Å². The summed E-state index contributed by atoms with van der Waals surface area (Å²) < 4.78 is 5.42. The van der Waals surface area contributed by atoms with Crippen molar-refractivity contribution in [3.8, 4) is 11.1 Å². The van der Waals surface area contributed by atoms with Crippen LogP contribution in [0.1, 0.15) is 17.0 Å². The highest BCUT2D eigenvalue weighted by Crippen LogP contribution is 2.44. The second kappa shape index (κ2) is 10.1. The third-order valence-electron chi connectivity index (χ3n) is 4.85. The molecule has 2 aromatic carbocycles. The van der Waals surface area contributed by atoms with Gasteiger partial charge < -0.3 is 15.2 Å². The third-order valence-corrected chi connectivity index (χ3v) is 4.85. The monoisotopic (exact) mass is 423 g/mol. The Labute approximate surface area is 178 Å². The van der Waals surface area contributed by atoms with Crippen molar-refractivity contribution in [2.75, 3.05) is 32.8 Å². The van der Waals surface area contributed by atoms with Gasteiger partial charge in [0.1, 0.15) is 19.7 Å². The molecular weight excluding hydrogens is 402 g/mol. The molecule has 1 aliphatic rings. The third kappa shape index (κ3) is 5.31. The van der Waals surface area contributed by atoms with Crippen molar-refractivity contribution in [1.82, 2.24) is 10.2 Å². The number of nitrogens with one attached hydrogen (secondary N) is 1. The van der Waals surface area contributed by atoms with E-state index < -0.39 is 31.1 Å². The minimum atomic E-state index is -1.27. The zero-order chi connectivity index (χ0) is 22.2. The summed E-state index contributed by atoms with van der Waals surface area (Å²) in [5.74, 6) is -2.03. The number of rotatable bonds is 9. The van der Waals surface area contributed by atoms with Crippen LogP contribution in [-0.2, 0) is 14.3 Å². The zero-order valence-corrected chi connectivity index (χ0v) is 16.6. The smallest absolute Gasteiger partial charge is 0.410 e. The van der Waals surface area contributed by atoms with E-state index in [0.29, 0.717) is 0 Å². The maximum atomic E-state index is 12.6. The molecule has 2 aromatic rings. The first-order chi connectivity index (χ1) is 15.0. The summed E-state index contributed by atoms with van der Waals surface area (Å²) in [4.78, 5) is 39.1. The summed E-state index contributed by atoms with van der Waals surface area (Å²) in [7, 11) is 0. The summed E-state index contributed by atoms with van der Waals surface area (Å²) in [5, 5.41) is 14.8. The second-order valence-electron chi connectivity index (χ2n) is 6.86. The van der Waals surface area contributed by atoms with Crippen molar-refractivity contribution < 1.29 is 24.2 Å². The molecule has 0 atom stereocenters. The maximum Gasteiger partial charge on any atom is 0.410 e. The summed E-state index contributed by atoms with van der Waals surface area (Å²) in [5.41, 5.74) is 12.4. The fraction of sp³-hybridized carbons (Fsp3) is 0.286. The first-order valence-corrected chi connectivity index (χ1v) is 9.60. The number of hydrogen-bond donors (Lipinski definition) is 2. The SMILES string of the molecule is [N-]=[N+]=NCCNC(=O)CN(CC(=O)O)C(=O)OCC1c2ccccc2-c2ccccc21. The van der Waals surface area contributed by atoms with Crippen LogP contribution < -0.4 is 5.32 Å². The molecule has 1 aliphatic carbocycles. The molecule has 10 heteroatoms. The van der Waals surface area contributed by atoms with Crippen LogP contribution in [0.25, 0.3) is 21.6 Å². The van der Waals surface area contributed by atoms with Crippen LogP contribution in [0, 0.1) is 0 Å². The van der Waals surface area contributed by atoms with E-state index in [-0.39, 0.29) is 25.6 Å². The standard InChI is InChI=1S/C21H21N5O5/c22-25-24-10-9-23-19(27)11-26(12-20(28)29)21(30)31-13-18-16-7-3-1-5-14(16)15-6-2-4-8-17(15)18/h1-8,18H,9-13H2,(H,23,27)(H,28,29). The van der Waals surface area contributed by atoms with Crippen LogP contribution in [-0.4, -0.2) is 60.8 Å². The Bertz CT molecular complexity index is 989. The number of azide groups is 1. The van der Waals surface area contributed by atoms with E-state index in [9.17, 15) is 14.4 Å². The summed E-state index contributed by atoms with van der Waals surface area (Å²) >= 11 is 0. The molecule has 10 nitrogen and oxygen atoms in total. The molecule has 0 saturated carbocycles. The number of carbonyl (C=O) groups is 3. The summed E-state index contributed by atoms with van der Waals surface area (Å²) in [6, 6.07) is 15.7. The number of carboxylic acids is 1. The predicted molar refractivity (Wildman–Crippen MR) is 111 cm³/mol. The number of nitrogens with zero attached hydrogens (tertiary/aromatic N) is 4. The number of carboxylic acid groups (broad SMARTS) is 1. The van der Waals surface area contributed by atoms with Gasteiger partial charge in [0, 0.05) is 23.9 Å². The molecule has 0 bridgehead atoms. The average Bonchev–Trinajstić information content (AvgIpc) is 3.08. The number of ether oxygens (including phenoxy) is 1. The fourth-order valence-electron chi connectivity index (χ4n) is 3.55. The molecule has 31 heavy (non-hydrogen) atoms. The van der Waals surface area contributed by atoms with Gasteiger partial charge in [-0.1, -0.05) is 53.6 Å². The highest BCUT2D eigenvalue weighted by Gasteiger charge is 2.30. The Balaban J connectivity index is 1.66. The Kier molecular flexibility index (Phi) is 7.08. The first kappa shape index (κ1) is 21.7. The molecule has 0 saturated heterocycles. The van der Waals surface area contributed by atoms with Crippen molar-refractivity contribution in [2.24, 2.45) is 5.11 Å². The van der Waals surface area contributed by atoms with Crippen molar-refractivity contribution in [1.29, 1.82) is 0 Å². The zero-order valence-electron chi connectivity index (χ0n) is 16.6. The number of amides is 2. The van der Waals surface area contributed by atoms with Gasteiger partial charge in [0.2, 0.25) is 5.91 Å². The number of benzene rings is 2. The molecule has 0 radical (unpaired) electrons. The Morgan fingerprint density at radius 3 is 2.26 bits per heavy atom. The topological polar surface area (TPSA) is 145 Å². The highest BCUT2D eigenvalue weighted by atomic mass is 16.6. The number of fused-ring (bicyclic) bond motifs is 3. The van der Waals surface area contributed by atoms with Gasteiger partial charge in [-0.15, -0.1) is 0 Å². The molecule has 2 amide bonds. The van der Waals surface area contributed by atoms with E-state index in [0.717, 1.165) is 27.2 Å². The first-order valence-electron chi connectivity index (χ1n) is 9.60. The Hall–Kier alpha value is -4.04. The van der Waals surface area contributed by atoms with Crippen molar-refractivity contribution in [2.45, 2.75) is 5.92 Å². The van der Waals surface area contributed by atoms with E-state index in [1.165, 1.54) is 0 Å². The molecule has 2 N–H and O–H groups in total. The lowest BCUT2D eigenvalue weighted by Gasteiger charge is -2.21. The second-order valence-corrected chi connectivity index (χ2v) is 6.86. The molecule has 0 aliphatic heterocycles. The largest absolute Gasteiger partial charge is 0.480 e. The van der Waals surface area contributed by atoms with Gasteiger partial charge >= 0.3 is 12.1 Å². The number of carbonyl (C=O) groups excluding carboxylic acids is 2. The van der Waals surface area contributed by atoms with Gasteiger partial charge in [-0.25, -0.2) is 4.79 Å². The molecule has 0 aromatic heterocycles. The summed E-state index contributed by atoms with van der Waals surface area (Å²) in [6.45, 7) is -1.03. The van der Waals surface area contributed by atoms with Crippen LogP contribution in [0.5, 0.6) is 0 Å². The van der Waals surface area contributed by atoms with Crippen molar-refractivity contribution in [3.05, 3.63) is 70.1 Å². The molecular formula is C21H21N5O5. The van der Waals surface area contributed by atoms with Gasteiger partial charge in [-0.2, -0.15) is 0 Å². The molecule has 160 valence electrons. The normalized spacial score (nSPS) is 11.6. The van der Waals surface area contributed by atoms with Crippen LogP contribution in [0.2, 0.25) is 0 Å². The van der Waals surface area contributed by atoms with E-state index >= 15 is 0 Å².